The van der Waals surface area contributed by atoms with E-state index in [1.54, 1.807) is 11.8 Å². The highest BCUT2D eigenvalue weighted by molar-refractivity contribution is 5.92. The van der Waals surface area contributed by atoms with Gasteiger partial charge < -0.3 is 15.7 Å². The average Bonchev–Trinajstić information content (AvgIpc) is 2.66. The molecular weight excluding hydrogens is 389 g/mol. The Morgan fingerprint density at radius 3 is 2.55 bits per heavy atom. The molecule has 1 aliphatic rings. The van der Waals surface area contributed by atoms with Crippen LogP contribution in [0.4, 0.5) is 19.0 Å². The van der Waals surface area contributed by atoms with Gasteiger partial charge in [0, 0.05) is 30.9 Å². The fraction of sp³-hybridized carbons (Fsp3) is 0.211. The maximum absolute atomic E-state index is 14.7. The molecule has 0 radical (unpaired) electrons. The summed E-state index contributed by atoms with van der Waals surface area (Å²) in [6.45, 7) is 2.11. The first-order valence-electron chi connectivity index (χ1n) is 8.66. The lowest BCUT2D eigenvalue weighted by atomic mass is 9.99. The lowest BCUT2D eigenvalue weighted by Gasteiger charge is -2.45. The molecule has 0 spiro atoms. The zero-order valence-corrected chi connectivity index (χ0v) is 15.1. The molecule has 0 aliphatic carbocycles. The first kappa shape index (κ1) is 18.9. The van der Waals surface area contributed by atoms with Crippen LogP contribution in [0, 0.1) is 17.5 Å². The highest BCUT2D eigenvalue weighted by Gasteiger charge is 2.35. The number of pyridine rings is 2. The van der Waals surface area contributed by atoms with Crippen molar-refractivity contribution in [2.75, 3.05) is 11.4 Å². The Hall–Kier alpha value is -3.40. The summed E-state index contributed by atoms with van der Waals surface area (Å²) in [7, 11) is 0. The number of nitrogens with two attached hydrogens (primary N) is 1. The van der Waals surface area contributed by atoms with E-state index in [1.165, 1.54) is 0 Å². The molecule has 3 heterocycles. The lowest BCUT2D eigenvalue weighted by Crippen LogP contribution is -2.63. The molecule has 3 aromatic rings. The Morgan fingerprint density at radius 2 is 1.97 bits per heavy atom. The summed E-state index contributed by atoms with van der Waals surface area (Å²) in [5.41, 5.74) is 3.79. The monoisotopic (exact) mass is 404 g/mol. The molecule has 1 fully saturated rings. The molecule has 7 nitrogen and oxygen atoms in total. The molecule has 0 saturated carbocycles. The lowest BCUT2D eigenvalue weighted by molar-refractivity contribution is 0.0695. The second kappa shape index (κ2) is 6.59. The molecule has 2 atom stereocenters. The van der Waals surface area contributed by atoms with Crippen molar-refractivity contribution >= 4 is 22.8 Å². The number of benzene rings is 1. The standard InChI is InChI=1S/C19H15F3N4O3/c1-8-14(23)7-25(8)18-13(22)5-10-16(27)11(19(28)29)6-26(17(10)24-18)15-3-2-9(20)4-12(15)21/h2-6,8,14H,7,23H2,1H3,(H,28,29)/t8-,14+/m1/s1. The van der Waals surface area contributed by atoms with Crippen LogP contribution in [0.15, 0.2) is 35.3 Å². The molecule has 0 amide bonds. The van der Waals surface area contributed by atoms with Crippen LogP contribution in [0.1, 0.15) is 17.3 Å². The molecule has 0 bridgehead atoms. The SMILES string of the molecule is C[C@@H]1[C@@H](N)CN1c1nc2c(cc1F)c(=O)c(C(=O)O)cn2-c1ccc(F)cc1F. The number of nitrogens with zero attached hydrogens (tertiary/aromatic N) is 3. The van der Waals surface area contributed by atoms with Crippen molar-refractivity contribution in [1.82, 2.24) is 9.55 Å². The van der Waals surface area contributed by atoms with E-state index in [9.17, 15) is 27.9 Å². The van der Waals surface area contributed by atoms with Crippen molar-refractivity contribution in [2.45, 2.75) is 19.0 Å². The molecule has 1 aliphatic heterocycles. The van der Waals surface area contributed by atoms with Gasteiger partial charge in [0.05, 0.1) is 11.1 Å². The number of hydrogen-bond acceptors (Lipinski definition) is 5. The van der Waals surface area contributed by atoms with Gasteiger partial charge in [0.25, 0.3) is 0 Å². The van der Waals surface area contributed by atoms with Gasteiger partial charge in [0.15, 0.2) is 17.3 Å². The van der Waals surface area contributed by atoms with Crippen molar-refractivity contribution in [3.8, 4) is 5.69 Å². The number of hydrogen-bond donors (Lipinski definition) is 2. The number of halogens is 3. The van der Waals surface area contributed by atoms with Crippen molar-refractivity contribution in [3.63, 3.8) is 0 Å². The van der Waals surface area contributed by atoms with E-state index in [2.05, 4.69) is 4.98 Å². The Morgan fingerprint density at radius 1 is 1.24 bits per heavy atom. The van der Waals surface area contributed by atoms with Crippen LogP contribution in [-0.2, 0) is 0 Å². The van der Waals surface area contributed by atoms with Gasteiger partial charge in [-0.05, 0) is 25.1 Å². The predicted octanol–water partition coefficient (Wildman–Crippen LogP) is 2.04. The van der Waals surface area contributed by atoms with E-state index in [0.717, 1.165) is 29.0 Å². The highest BCUT2D eigenvalue weighted by atomic mass is 19.1. The van der Waals surface area contributed by atoms with E-state index in [4.69, 9.17) is 5.73 Å². The molecule has 1 saturated heterocycles. The molecule has 4 rings (SSSR count). The minimum atomic E-state index is -1.57. The number of carboxylic acid groups (broad SMARTS) is 1. The summed E-state index contributed by atoms with van der Waals surface area (Å²) in [6.07, 6.45) is 0.892. The summed E-state index contributed by atoms with van der Waals surface area (Å²) in [5.74, 6) is -4.33. The number of fused-ring (bicyclic) bond motifs is 1. The zero-order chi connectivity index (χ0) is 21.0. The molecule has 2 aromatic heterocycles. The van der Waals surface area contributed by atoms with E-state index < -0.39 is 34.4 Å². The van der Waals surface area contributed by atoms with Crippen molar-refractivity contribution in [1.29, 1.82) is 0 Å². The van der Waals surface area contributed by atoms with Crippen LogP contribution >= 0.6 is 0 Å². The minimum Gasteiger partial charge on any atom is -0.477 e. The van der Waals surface area contributed by atoms with E-state index in [1.807, 2.05) is 0 Å². The van der Waals surface area contributed by atoms with Gasteiger partial charge in [0.2, 0.25) is 5.43 Å². The van der Waals surface area contributed by atoms with Gasteiger partial charge in [-0.2, -0.15) is 0 Å². The largest absolute Gasteiger partial charge is 0.477 e. The summed E-state index contributed by atoms with van der Waals surface area (Å²) in [6, 6.07) is 3.15. The number of rotatable bonds is 3. The summed E-state index contributed by atoms with van der Waals surface area (Å²) < 4.78 is 43.4. The second-order valence-electron chi connectivity index (χ2n) is 6.86. The fourth-order valence-electron chi connectivity index (χ4n) is 3.35. The number of aromatic nitrogens is 2. The van der Waals surface area contributed by atoms with Gasteiger partial charge in [-0.1, -0.05) is 0 Å². The maximum atomic E-state index is 14.7. The predicted molar refractivity (Wildman–Crippen MR) is 99.0 cm³/mol. The van der Waals surface area contributed by atoms with Gasteiger partial charge in [-0.25, -0.2) is 22.9 Å². The third-order valence-electron chi connectivity index (χ3n) is 5.10. The third-order valence-corrected chi connectivity index (χ3v) is 5.10. The first-order chi connectivity index (χ1) is 13.7. The summed E-state index contributed by atoms with van der Waals surface area (Å²) in [5, 5.41) is 8.99. The van der Waals surface area contributed by atoms with Gasteiger partial charge in [-0.15, -0.1) is 0 Å². The molecule has 1 aromatic carbocycles. The summed E-state index contributed by atoms with van der Waals surface area (Å²) in [4.78, 5) is 29.8. The van der Waals surface area contributed by atoms with Gasteiger partial charge >= 0.3 is 5.97 Å². The average molecular weight is 404 g/mol. The maximum Gasteiger partial charge on any atom is 0.341 e. The molecule has 29 heavy (non-hydrogen) atoms. The molecule has 150 valence electrons. The van der Waals surface area contributed by atoms with Gasteiger partial charge in [-0.3, -0.25) is 9.36 Å². The minimum absolute atomic E-state index is 0.0922. The summed E-state index contributed by atoms with van der Waals surface area (Å²) >= 11 is 0. The van der Waals surface area contributed by atoms with Crippen molar-refractivity contribution < 1.29 is 23.1 Å². The normalized spacial score (nSPS) is 18.7. The third kappa shape index (κ3) is 2.92. The Bertz CT molecular complexity index is 1230. The van der Waals surface area contributed by atoms with E-state index in [-0.39, 0.29) is 34.6 Å². The smallest absolute Gasteiger partial charge is 0.341 e. The first-order valence-corrected chi connectivity index (χ1v) is 8.66. The van der Waals surface area contributed by atoms with E-state index in [0.29, 0.717) is 12.6 Å². The fourth-order valence-corrected chi connectivity index (χ4v) is 3.35. The Kier molecular flexibility index (Phi) is 4.30. The number of aromatic carboxylic acids is 1. The Labute approximate surface area is 161 Å². The van der Waals surface area contributed by atoms with Crippen molar-refractivity contribution in [2.24, 2.45) is 5.73 Å². The second-order valence-corrected chi connectivity index (χ2v) is 6.86. The quantitative estimate of drug-likeness (QED) is 0.693. The highest BCUT2D eigenvalue weighted by Crippen LogP contribution is 2.29. The number of anilines is 1. The van der Waals surface area contributed by atoms with Crippen LogP contribution in [0.2, 0.25) is 0 Å². The van der Waals surface area contributed by atoms with Crippen LogP contribution in [0.5, 0.6) is 0 Å². The molecule has 0 unspecified atom stereocenters. The number of carboxylic acids is 1. The Balaban J connectivity index is 2.06. The van der Waals surface area contributed by atoms with Crippen LogP contribution < -0.4 is 16.1 Å². The molecular formula is C19H15F3N4O3. The van der Waals surface area contributed by atoms with E-state index >= 15 is 0 Å². The molecule has 3 N–H and O–H groups in total. The number of carbonyl (C=O) groups is 1. The topological polar surface area (TPSA) is 101 Å². The zero-order valence-electron chi connectivity index (χ0n) is 15.1. The van der Waals surface area contributed by atoms with Crippen LogP contribution in [-0.4, -0.2) is 39.3 Å². The van der Waals surface area contributed by atoms with Crippen LogP contribution in [0.3, 0.4) is 0 Å². The van der Waals surface area contributed by atoms with Gasteiger partial charge in [0.1, 0.15) is 17.2 Å². The van der Waals surface area contributed by atoms with Crippen molar-refractivity contribution in [3.05, 3.63) is 63.7 Å². The van der Waals surface area contributed by atoms with Crippen LogP contribution in [0.25, 0.3) is 16.7 Å². The molecule has 10 heteroatoms.